The summed E-state index contributed by atoms with van der Waals surface area (Å²) in [4.78, 5) is 11.4. The normalized spacial score (nSPS) is 11.2. The van der Waals surface area contributed by atoms with E-state index in [9.17, 15) is 26.7 Å². The standard InChI is InChI=1S/C13H10F5NO3/c1-2-21-11(20)5-9-8(6-19)3-7(12(14)15)4-10(9)22-13(16,17)18/h3-4,12H,2,5H2,1H3. The summed E-state index contributed by atoms with van der Waals surface area (Å²) in [5.74, 6) is -1.93. The van der Waals surface area contributed by atoms with E-state index in [-0.39, 0.29) is 6.61 Å². The van der Waals surface area contributed by atoms with Crippen LogP contribution in [0.1, 0.15) is 30.0 Å². The van der Waals surface area contributed by atoms with E-state index >= 15 is 0 Å². The Bertz CT molecular complexity index is 593. The fourth-order valence-electron chi connectivity index (χ4n) is 1.65. The minimum absolute atomic E-state index is 0.0225. The van der Waals surface area contributed by atoms with Crippen molar-refractivity contribution in [2.24, 2.45) is 0 Å². The van der Waals surface area contributed by atoms with E-state index in [0.717, 1.165) is 0 Å². The number of carbonyl (C=O) groups is 1. The quantitative estimate of drug-likeness (QED) is 0.615. The number of halogens is 5. The summed E-state index contributed by atoms with van der Waals surface area (Å²) < 4.78 is 70.7. The van der Waals surface area contributed by atoms with Gasteiger partial charge in [0.2, 0.25) is 0 Å². The van der Waals surface area contributed by atoms with Crippen LogP contribution >= 0.6 is 0 Å². The summed E-state index contributed by atoms with van der Waals surface area (Å²) in [6.45, 7) is 1.46. The molecule has 0 heterocycles. The average molecular weight is 323 g/mol. The molecule has 0 spiro atoms. The molecule has 0 unspecified atom stereocenters. The van der Waals surface area contributed by atoms with Gasteiger partial charge in [-0.15, -0.1) is 13.2 Å². The van der Waals surface area contributed by atoms with Crippen molar-refractivity contribution in [3.63, 3.8) is 0 Å². The predicted octanol–water partition coefficient (Wildman–Crippen LogP) is 3.50. The maximum absolute atomic E-state index is 12.7. The number of hydrogen-bond acceptors (Lipinski definition) is 4. The van der Waals surface area contributed by atoms with Crippen LogP contribution in [0.25, 0.3) is 0 Å². The van der Waals surface area contributed by atoms with Gasteiger partial charge >= 0.3 is 12.3 Å². The van der Waals surface area contributed by atoms with Crippen LogP contribution in [-0.4, -0.2) is 18.9 Å². The van der Waals surface area contributed by atoms with Crippen molar-refractivity contribution < 1.29 is 36.2 Å². The SMILES string of the molecule is CCOC(=O)Cc1c(C#N)cc(C(F)F)cc1OC(F)(F)F. The zero-order valence-corrected chi connectivity index (χ0v) is 11.2. The highest BCUT2D eigenvalue weighted by Gasteiger charge is 2.33. The van der Waals surface area contributed by atoms with Crippen LogP contribution in [0.2, 0.25) is 0 Å². The molecule has 120 valence electrons. The molecular weight excluding hydrogens is 313 g/mol. The van der Waals surface area contributed by atoms with Gasteiger partial charge in [0, 0.05) is 11.1 Å². The number of hydrogen-bond donors (Lipinski definition) is 0. The Balaban J connectivity index is 3.36. The Kier molecular flexibility index (Phi) is 5.68. The minimum Gasteiger partial charge on any atom is -0.466 e. The molecule has 22 heavy (non-hydrogen) atoms. The third kappa shape index (κ3) is 4.87. The summed E-state index contributed by atoms with van der Waals surface area (Å²) in [5, 5.41) is 8.91. The van der Waals surface area contributed by atoms with Crippen molar-refractivity contribution in [2.75, 3.05) is 6.61 Å². The van der Waals surface area contributed by atoms with Gasteiger partial charge in [0.25, 0.3) is 6.43 Å². The number of alkyl halides is 5. The monoisotopic (exact) mass is 323 g/mol. The Morgan fingerprint density at radius 3 is 2.45 bits per heavy atom. The molecule has 0 aliphatic carbocycles. The molecular formula is C13H10F5NO3. The van der Waals surface area contributed by atoms with Crippen molar-refractivity contribution in [1.29, 1.82) is 5.26 Å². The van der Waals surface area contributed by atoms with Crippen molar-refractivity contribution in [2.45, 2.75) is 26.1 Å². The lowest BCUT2D eigenvalue weighted by Gasteiger charge is -2.15. The van der Waals surface area contributed by atoms with Crippen LogP contribution < -0.4 is 4.74 Å². The van der Waals surface area contributed by atoms with Gasteiger partial charge in [-0.2, -0.15) is 5.26 Å². The van der Waals surface area contributed by atoms with E-state index in [2.05, 4.69) is 9.47 Å². The van der Waals surface area contributed by atoms with Crippen molar-refractivity contribution >= 4 is 5.97 Å². The zero-order chi connectivity index (χ0) is 16.9. The third-order valence-corrected chi connectivity index (χ3v) is 2.46. The number of rotatable bonds is 5. The topological polar surface area (TPSA) is 59.3 Å². The van der Waals surface area contributed by atoms with E-state index in [4.69, 9.17) is 5.26 Å². The molecule has 0 saturated heterocycles. The van der Waals surface area contributed by atoms with Crippen molar-refractivity contribution in [3.05, 3.63) is 28.8 Å². The Morgan fingerprint density at radius 1 is 1.36 bits per heavy atom. The summed E-state index contributed by atoms with van der Waals surface area (Å²) in [6.07, 6.45) is -8.96. The number of nitriles is 1. The second-order valence-electron chi connectivity index (χ2n) is 3.99. The molecule has 0 aromatic heterocycles. The van der Waals surface area contributed by atoms with Gasteiger partial charge in [-0.1, -0.05) is 0 Å². The molecule has 9 heteroatoms. The Hall–Kier alpha value is -2.37. The fourth-order valence-corrected chi connectivity index (χ4v) is 1.65. The molecule has 0 radical (unpaired) electrons. The lowest BCUT2D eigenvalue weighted by atomic mass is 10.0. The molecule has 0 bridgehead atoms. The van der Waals surface area contributed by atoms with E-state index < -0.39 is 47.6 Å². The van der Waals surface area contributed by atoms with Crippen LogP contribution in [0.15, 0.2) is 12.1 Å². The predicted molar refractivity (Wildman–Crippen MR) is 63.1 cm³/mol. The first kappa shape index (κ1) is 17.7. The Morgan fingerprint density at radius 2 is 2.00 bits per heavy atom. The second-order valence-corrected chi connectivity index (χ2v) is 3.99. The molecule has 0 N–H and O–H groups in total. The second kappa shape index (κ2) is 7.06. The number of esters is 1. The number of carbonyl (C=O) groups excluding carboxylic acids is 1. The summed E-state index contributed by atoms with van der Waals surface area (Å²) in [6, 6.07) is 2.64. The van der Waals surface area contributed by atoms with Gasteiger partial charge in [-0.3, -0.25) is 4.79 Å². The molecule has 1 aromatic rings. The van der Waals surface area contributed by atoms with Gasteiger partial charge in [0.15, 0.2) is 0 Å². The molecule has 0 aliphatic heterocycles. The van der Waals surface area contributed by atoms with E-state index in [1.54, 1.807) is 0 Å². The highest BCUT2D eigenvalue weighted by molar-refractivity contribution is 5.75. The molecule has 0 atom stereocenters. The van der Waals surface area contributed by atoms with E-state index in [0.29, 0.717) is 12.1 Å². The van der Waals surface area contributed by atoms with Crippen LogP contribution in [0, 0.1) is 11.3 Å². The van der Waals surface area contributed by atoms with E-state index in [1.165, 1.54) is 13.0 Å². The maximum Gasteiger partial charge on any atom is 0.573 e. The maximum atomic E-state index is 12.7. The smallest absolute Gasteiger partial charge is 0.466 e. The molecule has 0 fully saturated rings. The lowest BCUT2D eigenvalue weighted by molar-refractivity contribution is -0.275. The first-order valence-electron chi connectivity index (χ1n) is 5.94. The third-order valence-electron chi connectivity index (χ3n) is 2.46. The minimum atomic E-state index is -5.16. The van der Waals surface area contributed by atoms with Gasteiger partial charge in [-0.05, 0) is 19.1 Å². The molecule has 4 nitrogen and oxygen atoms in total. The highest BCUT2D eigenvalue weighted by atomic mass is 19.4. The van der Waals surface area contributed by atoms with Gasteiger partial charge in [0.05, 0.1) is 24.7 Å². The molecule has 1 rings (SSSR count). The summed E-state index contributed by atoms with van der Waals surface area (Å²) >= 11 is 0. The fraction of sp³-hybridized carbons (Fsp3) is 0.385. The molecule has 0 saturated carbocycles. The first-order valence-corrected chi connectivity index (χ1v) is 5.94. The zero-order valence-electron chi connectivity index (χ0n) is 11.2. The summed E-state index contributed by atoms with van der Waals surface area (Å²) in [5.41, 5.74) is -1.78. The number of nitrogens with zero attached hydrogens (tertiary/aromatic N) is 1. The molecule has 0 aliphatic rings. The van der Waals surface area contributed by atoms with Gasteiger partial charge in [-0.25, -0.2) is 8.78 Å². The highest BCUT2D eigenvalue weighted by Crippen LogP contribution is 2.33. The van der Waals surface area contributed by atoms with E-state index in [1.807, 2.05) is 0 Å². The molecule has 0 amide bonds. The van der Waals surface area contributed by atoms with Crippen LogP contribution in [0.4, 0.5) is 22.0 Å². The van der Waals surface area contributed by atoms with Gasteiger partial charge in [0.1, 0.15) is 5.75 Å². The van der Waals surface area contributed by atoms with Gasteiger partial charge < -0.3 is 9.47 Å². The van der Waals surface area contributed by atoms with Crippen LogP contribution in [-0.2, 0) is 16.0 Å². The van der Waals surface area contributed by atoms with Crippen LogP contribution in [0.3, 0.4) is 0 Å². The largest absolute Gasteiger partial charge is 0.573 e. The molecule has 1 aromatic carbocycles. The Labute approximate surface area is 122 Å². The average Bonchev–Trinajstić information content (AvgIpc) is 2.38. The first-order chi connectivity index (χ1) is 10.2. The number of ether oxygens (including phenoxy) is 2. The number of benzene rings is 1. The lowest BCUT2D eigenvalue weighted by Crippen LogP contribution is -2.20. The van der Waals surface area contributed by atoms with Crippen molar-refractivity contribution in [3.8, 4) is 11.8 Å². The summed E-state index contributed by atoms with van der Waals surface area (Å²) in [7, 11) is 0. The van der Waals surface area contributed by atoms with Crippen molar-refractivity contribution in [1.82, 2.24) is 0 Å². The van der Waals surface area contributed by atoms with Crippen LogP contribution in [0.5, 0.6) is 5.75 Å².